The van der Waals surface area contributed by atoms with Crippen LogP contribution in [0.1, 0.15) is 44.0 Å². The average molecular weight is 402 g/mol. The lowest BCUT2D eigenvalue weighted by Gasteiger charge is -2.32. The maximum absolute atomic E-state index is 13.0. The van der Waals surface area contributed by atoms with Crippen molar-refractivity contribution in [3.05, 3.63) is 29.8 Å². The number of carbonyl (C=O) groups is 3. The number of methoxy groups -OCH3 is 1. The number of rotatable bonds is 3. The molecule has 1 unspecified atom stereocenters. The summed E-state index contributed by atoms with van der Waals surface area (Å²) in [5.74, 6) is 0.383. The third kappa shape index (κ3) is 4.71. The van der Waals surface area contributed by atoms with E-state index in [1.807, 2.05) is 31.7 Å². The molecular formula is C22H31N3O4. The van der Waals surface area contributed by atoms with Crippen molar-refractivity contribution in [2.24, 2.45) is 5.92 Å². The van der Waals surface area contributed by atoms with Gasteiger partial charge in [-0.05, 0) is 45.4 Å². The summed E-state index contributed by atoms with van der Waals surface area (Å²) in [5.41, 5.74) is 0.316. The van der Waals surface area contributed by atoms with Crippen molar-refractivity contribution in [3.8, 4) is 5.75 Å². The molecule has 0 radical (unpaired) electrons. The van der Waals surface area contributed by atoms with E-state index >= 15 is 0 Å². The Kier molecular flexibility index (Phi) is 6.15. The van der Waals surface area contributed by atoms with E-state index in [-0.39, 0.29) is 35.6 Å². The first-order valence-electron chi connectivity index (χ1n) is 10.2. The first-order valence-corrected chi connectivity index (χ1v) is 10.2. The van der Waals surface area contributed by atoms with Crippen LogP contribution in [0.25, 0.3) is 0 Å². The van der Waals surface area contributed by atoms with Gasteiger partial charge in [-0.2, -0.15) is 0 Å². The molecule has 3 amide bonds. The molecule has 7 heteroatoms. The minimum Gasteiger partial charge on any atom is -0.497 e. The Bertz CT molecular complexity index is 787. The fourth-order valence-electron chi connectivity index (χ4n) is 4.06. The molecule has 1 atom stereocenters. The van der Waals surface area contributed by atoms with E-state index < -0.39 is 0 Å². The Morgan fingerprint density at radius 1 is 1.07 bits per heavy atom. The van der Waals surface area contributed by atoms with E-state index in [0.29, 0.717) is 44.0 Å². The number of likely N-dealkylation sites (tertiary alicyclic amines) is 1. The molecule has 0 saturated carbocycles. The number of hydrogen-bond acceptors (Lipinski definition) is 4. The topological polar surface area (TPSA) is 70.2 Å². The summed E-state index contributed by atoms with van der Waals surface area (Å²) in [6.07, 6.45) is 1.00. The molecule has 1 aromatic rings. The average Bonchev–Trinajstić information content (AvgIpc) is 2.94. The maximum atomic E-state index is 13.0. The molecule has 0 aliphatic carbocycles. The fourth-order valence-corrected chi connectivity index (χ4v) is 4.06. The highest BCUT2D eigenvalue weighted by Gasteiger charge is 2.41. The zero-order valence-corrected chi connectivity index (χ0v) is 17.8. The number of ether oxygens (including phenoxy) is 1. The van der Waals surface area contributed by atoms with Gasteiger partial charge in [0.15, 0.2) is 0 Å². The van der Waals surface area contributed by atoms with E-state index in [9.17, 15) is 14.4 Å². The summed E-state index contributed by atoms with van der Waals surface area (Å²) < 4.78 is 5.21. The molecular weight excluding hydrogens is 370 g/mol. The summed E-state index contributed by atoms with van der Waals surface area (Å²) in [7, 11) is 1.58. The van der Waals surface area contributed by atoms with Gasteiger partial charge in [0.2, 0.25) is 11.8 Å². The van der Waals surface area contributed by atoms with Crippen molar-refractivity contribution in [2.75, 3.05) is 39.8 Å². The van der Waals surface area contributed by atoms with Gasteiger partial charge in [-0.25, -0.2) is 0 Å². The van der Waals surface area contributed by atoms with Crippen molar-refractivity contribution in [3.63, 3.8) is 0 Å². The Labute approximate surface area is 172 Å². The van der Waals surface area contributed by atoms with Crippen LogP contribution in [0.4, 0.5) is 0 Å². The largest absolute Gasteiger partial charge is 0.497 e. The van der Waals surface area contributed by atoms with Crippen LogP contribution >= 0.6 is 0 Å². The SMILES string of the molecule is COc1cccc(C(=O)N2CCCN(C(=O)C3CC(=O)N(C(C)(C)C)C3)CC2)c1. The lowest BCUT2D eigenvalue weighted by molar-refractivity contribution is -0.135. The normalized spacial score (nSPS) is 20.6. The summed E-state index contributed by atoms with van der Waals surface area (Å²) in [6, 6.07) is 7.13. The monoisotopic (exact) mass is 401 g/mol. The van der Waals surface area contributed by atoms with Crippen molar-refractivity contribution < 1.29 is 19.1 Å². The Morgan fingerprint density at radius 3 is 2.41 bits per heavy atom. The number of benzene rings is 1. The number of nitrogens with zero attached hydrogens (tertiary/aromatic N) is 3. The van der Waals surface area contributed by atoms with Gasteiger partial charge in [0.1, 0.15) is 5.75 Å². The molecule has 2 heterocycles. The second-order valence-corrected chi connectivity index (χ2v) is 8.78. The van der Waals surface area contributed by atoms with Gasteiger partial charge in [0.05, 0.1) is 13.0 Å². The number of carbonyl (C=O) groups excluding carboxylic acids is 3. The Hall–Kier alpha value is -2.57. The standard InChI is InChI=1S/C22H31N3O4/c1-22(2,3)25-15-17(14-19(25)26)21(28)24-10-6-9-23(11-12-24)20(27)16-7-5-8-18(13-16)29-4/h5,7-8,13,17H,6,9-12,14-15H2,1-4H3. The zero-order valence-electron chi connectivity index (χ0n) is 17.8. The molecule has 0 N–H and O–H groups in total. The van der Waals surface area contributed by atoms with Crippen LogP contribution < -0.4 is 4.74 Å². The molecule has 2 fully saturated rings. The lowest BCUT2D eigenvalue weighted by atomic mass is 10.1. The molecule has 29 heavy (non-hydrogen) atoms. The molecule has 3 rings (SSSR count). The smallest absolute Gasteiger partial charge is 0.254 e. The van der Waals surface area contributed by atoms with Crippen molar-refractivity contribution in [2.45, 2.75) is 39.2 Å². The molecule has 2 aliphatic rings. The molecule has 2 aliphatic heterocycles. The van der Waals surface area contributed by atoms with Crippen LogP contribution in [-0.4, -0.2) is 77.8 Å². The van der Waals surface area contributed by atoms with E-state index in [4.69, 9.17) is 4.74 Å². The molecule has 158 valence electrons. The van der Waals surface area contributed by atoms with Crippen LogP contribution in [0.3, 0.4) is 0 Å². The predicted molar refractivity (Wildman–Crippen MR) is 110 cm³/mol. The van der Waals surface area contributed by atoms with Gasteiger partial charge in [0, 0.05) is 50.2 Å². The summed E-state index contributed by atoms with van der Waals surface area (Å²) in [6.45, 7) is 8.66. The molecule has 0 aromatic heterocycles. The van der Waals surface area contributed by atoms with Crippen LogP contribution in [0.2, 0.25) is 0 Å². The second kappa shape index (κ2) is 8.43. The minimum atomic E-state index is -0.289. The van der Waals surface area contributed by atoms with Gasteiger partial charge >= 0.3 is 0 Å². The van der Waals surface area contributed by atoms with Gasteiger partial charge in [-0.3, -0.25) is 14.4 Å². The summed E-state index contributed by atoms with van der Waals surface area (Å²) >= 11 is 0. The van der Waals surface area contributed by atoms with Crippen LogP contribution in [0, 0.1) is 5.92 Å². The molecule has 2 saturated heterocycles. The van der Waals surface area contributed by atoms with E-state index in [2.05, 4.69) is 0 Å². The number of hydrogen-bond donors (Lipinski definition) is 0. The fraction of sp³-hybridized carbons (Fsp3) is 0.591. The quantitative estimate of drug-likeness (QED) is 0.777. The van der Waals surface area contributed by atoms with Crippen molar-refractivity contribution >= 4 is 17.7 Å². The Morgan fingerprint density at radius 2 is 1.76 bits per heavy atom. The third-order valence-corrected chi connectivity index (χ3v) is 5.70. The predicted octanol–water partition coefficient (Wildman–Crippen LogP) is 2.02. The number of amides is 3. The molecule has 1 aromatic carbocycles. The highest BCUT2D eigenvalue weighted by molar-refractivity contribution is 5.95. The van der Waals surface area contributed by atoms with Crippen LogP contribution in [-0.2, 0) is 9.59 Å². The zero-order chi connectivity index (χ0) is 21.2. The van der Waals surface area contributed by atoms with Crippen LogP contribution in [0.5, 0.6) is 5.75 Å². The minimum absolute atomic E-state index is 0.0285. The lowest BCUT2D eigenvalue weighted by Crippen LogP contribution is -2.44. The Balaban J connectivity index is 1.62. The van der Waals surface area contributed by atoms with Gasteiger partial charge < -0.3 is 19.4 Å². The molecule has 7 nitrogen and oxygen atoms in total. The van der Waals surface area contributed by atoms with Gasteiger partial charge in [0.25, 0.3) is 5.91 Å². The first-order chi connectivity index (χ1) is 13.7. The van der Waals surface area contributed by atoms with E-state index in [0.717, 1.165) is 6.42 Å². The molecule has 0 bridgehead atoms. The van der Waals surface area contributed by atoms with E-state index in [1.54, 1.807) is 35.1 Å². The van der Waals surface area contributed by atoms with Gasteiger partial charge in [-0.1, -0.05) is 6.07 Å². The molecule has 0 spiro atoms. The first kappa shape index (κ1) is 21.1. The van der Waals surface area contributed by atoms with Gasteiger partial charge in [-0.15, -0.1) is 0 Å². The van der Waals surface area contributed by atoms with E-state index in [1.165, 1.54) is 0 Å². The van der Waals surface area contributed by atoms with Crippen LogP contribution in [0.15, 0.2) is 24.3 Å². The summed E-state index contributed by atoms with van der Waals surface area (Å²) in [5, 5.41) is 0. The highest BCUT2D eigenvalue weighted by Crippen LogP contribution is 2.27. The third-order valence-electron chi connectivity index (χ3n) is 5.70. The maximum Gasteiger partial charge on any atom is 0.254 e. The summed E-state index contributed by atoms with van der Waals surface area (Å²) in [4.78, 5) is 43.6. The van der Waals surface area contributed by atoms with Crippen molar-refractivity contribution in [1.82, 2.24) is 14.7 Å². The highest BCUT2D eigenvalue weighted by atomic mass is 16.5. The van der Waals surface area contributed by atoms with Crippen molar-refractivity contribution in [1.29, 1.82) is 0 Å². The second-order valence-electron chi connectivity index (χ2n) is 8.78.